The Balaban J connectivity index is 0.000000207. The van der Waals surface area contributed by atoms with Crippen molar-refractivity contribution >= 4 is 17.6 Å². The van der Waals surface area contributed by atoms with Crippen molar-refractivity contribution in [1.29, 1.82) is 0 Å². The summed E-state index contributed by atoms with van der Waals surface area (Å²) in [5.74, 6) is -0.152. The number of rotatable bonds is 2. The minimum absolute atomic E-state index is 0.0790. The van der Waals surface area contributed by atoms with E-state index in [0.29, 0.717) is 16.7 Å². The van der Waals surface area contributed by atoms with Crippen LogP contribution in [0.25, 0.3) is 0 Å². The van der Waals surface area contributed by atoms with Crippen molar-refractivity contribution < 1.29 is 14.5 Å². The summed E-state index contributed by atoms with van der Waals surface area (Å²) in [5, 5.41) is 10.8. The molecule has 146 valence electrons. The maximum absolute atomic E-state index is 11.7. The molecule has 0 bridgehead atoms. The highest BCUT2D eigenvalue weighted by Crippen LogP contribution is 2.24. The second-order valence-corrected chi connectivity index (χ2v) is 6.14. The molecule has 2 heterocycles. The minimum Gasteiger partial charge on any atom is -0.345 e. The van der Waals surface area contributed by atoms with Gasteiger partial charge in [-0.15, -0.1) is 0 Å². The van der Waals surface area contributed by atoms with Crippen molar-refractivity contribution in [2.75, 3.05) is 14.1 Å². The summed E-state index contributed by atoms with van der Waals surface area (Å²) in [4.78, 5) is 42.4. The average Bonchev–Trinajstić information content (AvgIpc) is 3.33. The van der Waals surface area contributed by atoms with Crippen LogP contribution in [0.2, 0.25) is 0 Å². The van der Waals surface area contributed by atoms with E-state index in [2.05, 4.69) is 9.97 Å². The third-order valence-corrected chi connectivity index (χ3v) is 3.78. The monoisotopic (exact) mass is 384 g/mol. The molecule has 3 rings (SSSR count). The number of nitro groups is 1. The van der Waals surface area contributed by atoms with E-state index < -0.39 is 4.92 Å². The quantitative estimate of drug-likeness (QED) is 0.495. The number of carbonyl (C=O) groups is 2. The van der Waals surface area contributed by atoms with Crippen LogP contribution in [0, 0.1) is 24.0 Å². The van der Waals surface area contributed by atoms with Gasteiger partial charge in [-0.25, -0.2) is 14.8 Å². The molecular formula is C18H20N6O4. The van der Waals surface area contributed by atoms with E-state index in [1.54, 1.807) is 64.9 Å². The highest BCUT2D eigenvalue weighted by Gasteiger charge is 2.18. The van der Waals surface area contributed by atoms with Crippen LogP contribution < -0.4 is 0 Å². The van der Waals surface area contributed by atoms with Crippen molar-refractivity contribution in [2.45, 2.75) is 13.8 Å². The van der Waals surface area contributed by atoms with Gasteiger partial charge >= 0.3 is 6.03 Å². The van der Waals surface area contributed by atoms with Crippen LogP contribution in [-0.2, 0) is 0 Å². The van der Waals surface area contributed by atoms with Crippen LogP contribution in [0.5, 0.6) is 0 Å². The van der Waals surface area contributed by atoms with E-state index in [9.17, 15) is 19.7 Å². The zero-order valence-electron chi connectivity index (χ0n) is 15.9. The lowest BCUT2D eigenvalue weighted by Gasteiger charge is -2.11. The topological polar surface area (TPSA) is 116 Å². The molecule has 0 saturated heterocycles. The molecule has 0 atom stereocenters. The molecule has 10 heteroatoms. The first-order valence-electron chi connectivity index (χ1n) is 8.20. The van der Waals surface area contributed by atoms with Gasteiger partial charge in [0.25, 0.3) is 11.6 Å². The van der Waals surface area contributed by atoms with E-state index in [-0.39, 0.29) is 17.6 Å². The Labute approximate surface area is 161 Å². The summed E-state index contributed by atoms with van der Waals surface area (Å²) in [6.45, 7) is 3.27. The smallest absolute Gasteiger partial charge is 0.338 e. The van der Waals surface area contributed by atoms with Crippen molar-refractivity contribution in [3.8, 4) is 0 Å². The number of aryl methyl sites for hydroxylation is 2. The number of carbonyl (C=O) groups excluding carboxylic acids is 2. The summed E-state index contributed by atoms with van der Waals surface area (Å²) in [6, 6.07) is 2.91. The molecule has 0 aliphatic rings. The van der Waals surface area contributed by atoms with Crippen LogP contribution in [0.4, 0.5) is 10.5 Å². The molecular weight excluding hydrogens is 364 g/mol. The van der Waals surface area contributed by atoms with Gasteiger partial charge in [0.1, 0.15) is 12.7 Å². The van der Waals surface area contributed by atoms with Gasteiger partial charge in [0.05, 0.1) is 4.92 Å². The van der Waals surface area contributed by atoms with Crippen LogP contribution in [0.15, 0.2) is 49.6 Å². The summed E-state index contributed by atoms with van der Waals surface area (Å²) in [6.07, 6.45) is 9.17. The van der Waals surface area contributed by atoms with Crippen molar-refractivity contribution in [3.63, 3.8) is 0 Å². The molecule has 0 spiro atoms. The van der Waals surface area contributed by atoms with Gasteiger partial charge < -0.3 is 4.90 Å². The fourth-order valence-electron chi connectivity index (χ4n) is 2.50. The van der Waals surface area contributed by atoms with Gasteiger partial charge in [-0.05, 0) is 26.0 Å². The Morgan fingerprint density at radius 2 is 1.46 bits per heavy atom. The second kappa shape index (κ2) is 8.71. The molecule has 0 N–H and O–H groups in total. The molecule has 0 aliphatic carbocycles. The summed E-state index contributed by atoms with van der Waals surface area (Å²) in [7, 11) is 3.29. The highest BCUT2D eigenvalue weighted by molar-refractivity contribution is 5.94. The first-order chi connectivity index (χ1) is 13.2. The van der Waals surface area contributed by atoms with Gasteiger partial charge in [-0.1, -0.05) is 0 Å². The average molecular weight is 384 g/mol. The molecule has 1 amide bonds. The Kier molecular flexibility index (Phi) is 6.38. The SMILES string of the molecule is Cc1cc(C(=O)N(C)C)cc(C)c1[N+](=O)[O-].O=C(n1ccnc1)n1ccnc1. The molecule has 2 aromatic heterocycles. The molecule has 0 saturated carbocycles. The Hall–Kier alpha value is -3.82. The zero-order chi connectivity index (χ0) is 20.8. The highest BCUT2D eigenvalue weighted by atomic mass is 16.6. The lowest BCUT2D eigenvalue weighted by molar-refractivity contribution is -0.386. The summed E-state index contributed by atoms with van der Waals surface area (Å²) in [5.41, 5.74) is 1.58. The molecule has 0 radical (unpaired) electrons. The number of hydrogen-bond acceptors (Lipinski definition) is 6. The Morgan fingerprint density at radius 1 is 1.00 bits per heavy atom. The van der Waals surface area contributed by atoms with Crippen molar-refractivity contribution in [1.82, 2.24) is 24.0 Å². The van der Waals surface area contributed by atoms with Crippen molar-refractivity contribution in [3.05, 3.63) is 76.4 Å². The van der Waals surface area contributed by atoms with E-state index in [1.807, 2.05) is 0 Å². The number of imidazole rings is 2. The molecule has 3 aromatic rings. The number of nitro benzene ring substituents is 1. The van der Waals surface area contributed by atoms with Gasteiger partial charge in [0.15, 0.2) is 0 Å². The van der Waals surface area contributed by atoms with Gasteiger partial charge in [-0.2, -0.15) is 0 Å². The van der Waals surface area contributed by atoms with Crippen LogP contribution in [0.1, 0.15) is 21.5 Å². The van der Waals surface area contributed by atoms with E-state index in [4.69, 9.17) is 0 Å². The number of amides is 1. The summed E-state index contributed by atoms with van der Waals surface area (Å²) < 4.78 is 2.75. The minimum atomic E-state index is -0.422. The van der Waals surface area contributed by atoms with Crippen LogP contribution in [-0.4, -0.2) is 55.0 Å². The predicted octanol–water partition coefficient (Wildman–Crippen LogP) is 2.51. The molecule has 10 nitrogen and oxygen atoms in total. The fourth-order valence-corrected chi connectivity index (χ4v) is 2.50. The normalized spacial score (nSPS) is 10.0. The van der Waals surface area contributed by atoms with Gasteiger partial charge in [0, 0.05) is 55.6 Å². The molecule has 0 fully saturated rings. The van der Waals surface area contributed by atoms with Crippen molar-refractivity contribution in [2.24, 2.45) is 0 Å². The van der Waals surface area contributed by atoms with E-state index >= 15 is 0 Å². The number of benzene rings is 1. The Morgan fingerprint density at radius 3 is 1.79 bits per heavy atom. The second-order valence-electron chi connectivity index (χ2n) is 6.14. The van der Waals surface area contributed by atoms with E-state index in [0.717, 1.165) is 0 Å². The third-order valence-electron chi connectivity index (χ3n) is 3.78. The van der Waals surface area contributed by atoms with E-state index in [1.165, 1.54) is 26.7 Å². The Bertz CT molecular complexity index is 918. The predicted molar refractivity (Wildman–Crippen MR) is 101 cm³/mol. The maximum Gasteiger partial charge on any atom is 0.338 e. The number of aromatic nitrogens is 4. The number of hydrogen-bond donors (Lipinski definition) is 0. The maximum atomic E-state index is 11.7. The van der Waals surface area contributed by atoms with Crippen LogP contribution in [0.3, 0.4) is 0 Å². The molecule has 0 aliphatic heterocycles. The zero-order valence-corrected chi connectivity index (χ0v) is 15.9. The first kappa shape index (κ1) is 20.5. The molecule has 0 unspecified atom stereocenters. The third kappa shape index (κ3) is 4.67. The summed E-state index contributed by atoms with van der Waals surface area (Å²) >= 11 is 0. The fraction of sp³-hybridized carbons (Fsp3) is 0.222. The molecule has 28 heavy (non-hydrogen) atoms. The first-order valence-corrected chi connectivity index (χ1v) is 8.20. The lowest BCUT2D eigenvalue weighted by Crippen LogP contribution is -2.22. The van der Waals surface area contributed by atoms with Gasteiger partial charge in [-0.3, -0.25) is 24.0 Å². The van der Waals surface area contributed by atoms with Crippen LogP contribution >= 0.6 is 0 Å². The lowest BCUT2D eigenvalue weighted by atomic mass is 10.0. The van der Waals surface area contributed by atoms with Gasteiger partial charge in [0.2, 0.25) is 0 Å². The number of nitrogens with zero attached hydrogens (tertiary/aromatic N) is 6. The molecule has 1 aromatic carbocycles. The standard InChI is InChI=1S/C11H14N2O3.C7H6N4O/c1-7-5-9(11(14)12(3)4)6-8(2)10(7)13(15)16;12-7(10-3-1-8-5-10)11-4-2-9-6-11/h5-6H,1-4H3;1-6H. The largest absolute Gasteiger partial charge is 0.345 e.